The zero-order valence-electron chi connectivity index (χ0n) is 19.1. The number of likely N-dealkylation sites (N-methyl/N-ethyl adjacent to an activating group) is 1. The molecule has 1 aromatic heterocycles. The van der Waals surface area contributed by atoms with E-state index in [0.29, 0.717) is 31.0 Å². The topological polar surface area (TPSA) is 85.7 Å². The molecule has 3 heterocycles. The highest BCUT2D eigenvalue weighted by molar-refractivity contribution is 5.94. The molecule has 0 radical (unpaired) electrons. The molecule has 1 N–H and O–H groups in total. The van der Waals surface area contributed by atoms with Gasteiger partial charge in [-0.1, -0.05) is 18.2 Å². The van der Waals surface area contributed by atoms with Gasteiger partial charge in [0.2, 0.25) is 5.91 Å². The molecule has 176 valence electrons. The number of hydrogen-bond donors (Lipinski definition) is 1. The van der Waals surface area contributed by atoms with Gasteiger partial charge >= 0.3 is 0 Å². The summed E-state index contributed by atoms with van der Waals surface area (Å²) in [6.45, 7) is 1.77. The molecule has 34 heavy (non-hydrogen) atoms. The monoisotopic (exact) mass is 460 g/mol. The minimum atomic E-state index is -0.0593. The molecule has 5 rings (SSSR count). The van der Waals surface area contributed by atoms with E-state index in [2.05, 4.69) is 16.5 Å². The Morgan fingerprint density at radius 3 is 2.65 bits per heavy atom. The third-order valence-corrected chi connectivity index (χ3v) is 6.36. The molecule has 2 aliphatic heterocycles. The van der Waals surface area contributed by atoms with Crippen molar-refractivity contribution in [1.29, 1.82) is 0 Å². The molecule has 1 fully saturated rings. The van der Waals surface area contributed by atoms with Crippen LogP contribution in [0.2, 0.25) is 0 Å². The minimum Gasteiger partial charge on any atom is -0.488 e. The number of anilines is 1. The van der Waals surface area contributed by atoms with Crippen LogP contribution in [-0.4, -0.2) is 59.4 Å². The van der Waals surface area contributed by atoms with Crippen molar-refractivity contribution in [2.75, 3.05) is 32.1 Å². The van der Waals surface area contributed by atoms with Crippen molar-refractivity contribution in [3.8, 4) is 11.4 Å². The van der Waals surface area contributed by atoms with E-state index in [1.54, 1.807) is 41.2 Å². The molecule has 0 spiro atoms. The van der Waals surface area contributed by atoms with Crippen LogP contribution in [0.25, 0.3) is 5.69 Å². The molecule has 0 saturated carbocycles. The maximum absolute atomic E-state index is 12.9. The number of nitrogens with one attached hydrogen (secondary N) is 1. The lowest BCUT2D eigenvalue weighted by Gasteiger charge is -2.21. The van der Waals surface area contributed by atoms with Crippen LogP contribution in [0.5, 0.6) is 5.75 Å². The van der Waals surface area contributed by atoms with Crippen molar-refractivity contribution in [3.05, 3.63) is 72.1 Å². The van der Waals surface area contributed by atoms with Crippen molar-refractivity contribution in [2.45, 2.75) is 25.4 Å². The van der Waals surface area contributed by atoms with Crippen LogP contribution < -0.4 is 10.1 Å². The Kier molecular flexibility index (Phi) is 6.31. The van der Waals surface area contributed by atoms with E-state index in [1.165, 1.54) is 5.56 Å². The van der Waals surface area contributed by atoms with Gasteiger partial charge in [-0.15, -0.1) is 0 Å². The molecule has 2 aliphatic rings. The quantitative estimate of drug-likeness (QED) is 0.610. The number of aromatic nitrogens is 2. The lowest BCUT2D eigenvalue weighted by atomic mass is 9.99. The maximum Gasteiger partial charge on any atom is 0.253 e. The molecular weight excluding hydrogens is 432 g/mol. The van der Waals surface area contributed by atoms with Gasteiger partial charge < -0.3 is 19.7 Å². The van der Waals surface area contributed by atoms with Gasteiger partial charge in [-0.25, -0.2) is 4.68 Å². The van der Waals surface area contributed by atoms with Gasteiger partial charge in [0.25, 0.3) is 5.91 Å². The van der Waals surface area contributed by atoms with Crippen LogP contribution in [0.4, 0.5) is 5.69 Å². The number of nitrogens with zero attached hydrogens (tertiary/aromatic N) is 3. The fourth-order valence-electron chi connectivity index (χ4n) is 4.45. The fourth-order valence-corrected chi connectivity index (χ4v) is 4.45. The van der Waals surface area contributed by atoms with Gasteiger partial charge in [0.1, 0.15) is 11.9 Å². The molecule has 8 heteroatoms. The highest BCUT2D eigenvalue weighted by Gasteiger charge is 2.25. The number of ether oxygens (including phenoxy) is 2. The molecule has 1 saturated heterocycles. The predicted molar refractivity (Wildman–Crippen MR) is 127 cm³/mol. The van der Waals surface area contributed by atoms with Gasteiger partial charge in [-0.3, -0.25) is 9.59 Å². The van der Waals surface area contributed by atoms with Gasteiger partial charge in [-0.05, 0) is 48.7 Å². The van der Waals surface area contributed by atoms with Crippen LogP contribution in [0.1, 0.15) is 28.8 Å². The molecule has 1 unspecified atom stereocenters. The molecule has 0 aliphatic carbocycles. The third-order valence-electron chi connectivity index (χ3n) is 6.36. The first-order chi connectivity index (χ1) is 16.6. The molecular formula is C26H28N4O4. The van der Waals surface area contributed by atoms with E-state index in [9.17, 15) is 9.59 Å². The summed E-state index contributed by atoms with van der Waals surface area (Å²) in [5, 5.41) is 7.28. The van der Waals surface area contributed by atoms with Crippen molar-refractivity contribution < 1.29 is 19.1 Å². The molecule has 2 aromatic carbocycles. The number of benzene rings is 2. The Labute approximate surface area is 198 Å². The number of amides is 2. The fraction of sp³-hybridized carbons (Fsp3) is 0.346. The van der Waals surface area contributed by atoms with Gasteiger partial charge in [0.15, 0.2) is 0 Å². The highest BCUT2D eigenvalue weighted by Crippen LogP contribution is 2.28. The molecule has 8 nitrogen and oxygen atoms in total. The van der Waals surface area contributed by atoms with E-state index in [1.807, 2.05) is 30.3 Å². The van der Waals surface area contributed by atoms with E-state index in [0.717, 1.165) is 30.7 Å². The van der Waals surface area contributed by atoms with E-state index >= 15 is 0 Å². The van der Waals surface area contributed by atoms with Gasteiger partial charge in [0.05, 0.1) is 30.3 Å². The van der Waals surface area contributed by atoms with Crippen molar-refractivity contribution >= 4 is 17.5 Å². The van der Waals surface area contributed by atoms with Crippen LogP contribution in [0.3, 0.4) is 0 Å². The van der Waals surface area contributed by atoms with Gasteiger partial charge in [-0.2, -0.15) is 5.10 Å². The largest absolute Gasteiger partial charge is 0.488 e. The predicted octanol–water partition coefficient (Wildman–Crippen LogP) is 3.31. The number of fused-ring (bicyclic) bond motifs is 1. The Bertz CT molecular complexity index is 1140. The smallest absolute Gasteiger partial charge is 0.253 e. The summed E-state index contributed by atoms with van der Waals surface area (Å²) in [6.07, 6.45) is 5.65. The Morgan fingerprint density at radius 2 is 1.88 bits per heavy atom. The second-order valence-electron chi connectivity index (χ2n) is 8.83. The zero-order chi connectivity index (χ0) is 23.5. The number of rotatable bonds is 6. The van der Waals surface area contributed by atoms with Gasteiger partial charge in [0, 0.05) is 38.2 Å². The van der Waals surface area contributed by atoms with Crippen LogP contribution in [-0.2, 0) is 16.0 Å². The summed E-state index contributed by atoms with van der Waals surface area (Å²) in [5.74, 6) is 0.820. The lowest BCUT2D eigenvalue weighted by molar-refractivity contribution is -0.122. The summed E-state index contributed by atoms with van der Waals surface area (Å²) < 4.78 is 13.0. The van der Waals surface area contributed by atoms with E-state index in [4.69, 9.17) is 9.47 Å². The van der Waals surface area contributed by atoms with Crippen LogP contribution in [0, 0.1) is 5.92 Å². The summed E-state index contributed by atoms with van der Waals surface area (Å²) in [7, 11) is 1.80. The highest BCUT2D eigenvalue weighted by atomic mass is 16.5. The molecule has 0 bridgehead atoms. The average molecular weight is 461 g/mol. The molecule has 1 atom stereocenters. The second kappa shape index (κ2) is 9.69. The maximum atomic E-state index is 12.9. The number of carbonyl (C=O) groups excluding carboxylic acids is 2. The SMILES string of the molecule is CN(CC1Cc2ccccc2O1)C(=O)c1ccc(-n2cc(NC(=O)C3CCOCC3)cn2)cc1. The lowest BCUT2D eigenvalue weighted by Crippen LogP contribution is -2.36. The molecule has 2 amide bonds. The summed E-state index contributed by atoms with van der Waals surface area (Å²) in [6, 6.07) is 15.3. The standard InChI is InChI=1S/C26H28N4O4/c1-29(17-23-14-20-4-2-3-5-24(20)34-23)26(32)19-6-8-22(9-7-19)30-16-21(15-27-30)28-25(31)18-10-12-33-13-11-18/h2-9,15-16,18,23H,10-14,17H2,1H3,(H,28,31). The molecule has 3 aromatic rings. The Balaban J connectivity index is 1.17. The number of hydrogen-bond acceptors (Lipinski definition) is 5. The van der Waals surface area contributed by atoms with Crippen molar-refractivity contribution in [2.24, 2.45) is 5.92 Å². The normalized spacial score (nSPS) is 17.6. The van der Waals surface area contributed by atoms with E-state index in [-0.39, 0.29) is 23.8 Å². The van der Waals surface area contributed by atoms with Crippen LogP contribution >= 0.6 is 0 Å². The zero-order valence-corrected chi connectivity index (χ0v) is 19.1. The van der Waals surface area contributed by atoms with Crippen LogP contribution in [0.15, 0.2) is 60.9 Å². The first-order valence-corrected chi connectivity index (χ1v) is 11.6. The first-order valence-electron chi connectivity index (χ1n) is 11.6. The minimum absolute atomic E-state index is 0.00108. The van der Waals surface area contributed by atoms with Crippen molar-refractivity contribution in [1.82, 2.24) is 14.7 Å². The number of carbonyl (C=O) groups is 2. The summed E-state index contributed by atoms with van der Waals surface area (Å²) >= 11 is 0. The van der Waals surface area contributed by atoms with E-state index < -0.39 is 0 Å². The second-order valence-corrected chi connectivity index (χ2v) is 8.83. The Hall–Kier alpha value is -3.65. The van der Waals surface area contributed by atoms with Crippen molar-refractivity contribution in [3.63, 3.8) is 0 Å². The third kappa shape index (κ3) is 4.82. The summed E-state index contributed by atoms with van der Waals surface area (Å²) in [5.41, 5.74) is 3.23. The summed E-state index contributed by atoms with van der Waals surface area (Å²) in [4.78, 5) is 27.0. The number of para-hydroxylation sites is 1. The Morgan fingerprint density at radius 1 is 1.12 bits per heavy atom. The first kappa shape index (κ1) is 22.2. The average Bonchev–Trinajstić information content (AvgIpc) is 3.50.